The van der Waals surface area contributed by atoms with Crippen molar-refractivity contribution >= 4 is 17.2 Å². The molecule has 2 atom stereocenters. The van der Waals surface area contributed by atoms with E-state index in [4.69, 9.17) is 0 Å². The summed E-state index contributed by atoms with van der Waals surface area (Å²) in [6, 6.07) is 4.95. The Labute approximate surface area is 139 Å². The topological polar surface area (TPSA) is 95.3 Å². The molecule has 0 saturated carbocycles. The lowest BCUT2D eigenvalue weighted by molar-refractivity contribution is -0.122. The number of hydrogen-bond acceptors (Lipinski definition) is 6. The average Bonchev–Trinajstić information content (AvgIpc) is 3.02. The zero-order chi connectivity index (χ0) is 16.7. The summed E-state index contributed by atoms with van der Waals surface area (Å²) in [4.78, 5) is 20.7. The van der Waals surface area contributed by atoms with E-state index in [1.54, 1.807) is 6.20 Å². The summed E-state index contributed by atoms with van der Waals surface area (Å²) >= 11 is 1.43. The fraction of sp³-hybridized carbons (Fsp3) is 0.438. The standard InChI is InChI=1S/C16H21N3O3S/c1-2-5-14(21)13(9-20)19-15(22)8-11-10-23-16(18-11)12-6-3-4-7-17-12/h3-4,6-7,10,13-14,20-21H,2,5,8-9H2,1H3,(H,19,22). The Hall–Kier alpha value is -1.83. The molecule has 2 aromatic heterocycles. The largest absolute Gasteiger partial charge is 0.394 e. The summed E-state index contributed by atoms with van der Waals surface area (Å²) in [6.07, 6.45) is 2.38. The van der Waals surface area contributed by atoms with Crippen molar-refractivity contribution < 1.29 is 15.0 Å². The highest BCUT2D eigenvalue weighted by Gasteiger charge is 2.20. The number of thiazole rings is 1. The van der Waals surface area contributed by atoms with E-state index < -0.39 is 12.1 Å². The van der Waals surface area contributed by atoms with Crippen LogP contribution in [0.15, 0.2) is 29.8 Å². The van der Waals surface area contributed by atoms with Crippen molar-refractivity contribution in [3.05, 3.63) is 35.5 Å². The third kappa shape index (κ3) is 5.09. The molecular weight excluding hydrogens is 314 g/mol. The van der Waals surface area contributed by atoms with Crippen LogP contribution in [0.5, 0.6) is 0 Å². The first kappa shape index (κ1) is 17.5. The summed E-state index contributed by atoms with van der Waals surface area (Å²) < 4.78 is 0. The molecule has 0 fully saturated rings. The first-order valence-corrected chi connectivity index (χ1v) is 8.46. The van der Waals surface area contributed by atoms with E-state index in [1.165, 1.54) is 11.3 Å². The van der Waals surface area contributed by atoms with Gasteiger partial charge in [0.15, 0.2) is 0 Å². The van der Waals surface area contributed by atoms with Gasteiger partial charge in [0.25, 0.3) is 0 Å². The van der Waals surface area contributed by atoms with Crippen LogP contribution in [-0.2, 0) is 11.2 Å². The first-order chi connectivity index (χ1) is 11.1. The molecule has 0 bridgehead atoms. The number of amides is 1. The van der Waals surface area contributed by atoms with E-state index in [-0.39, 0.29) is 18.9 Å². The molecule has 2 heterocycles. The SMILES string of the molecule is CCCC(O)C(CO)NC(=O)Cc1csc(-c2ccccn2)n1. The van der Waals surface area contributed by atoms with Gasteiger partial charge in [0.2, 0.25) is 5.91 Å². The van der Waals surface area contributed by atoms with Gasteiger partial charge in [-0.1, -0.05) is 19.4 Å². The average molecular weight is 335 g/mol. The molecular formula is C16H21N3O3S. The predicted octanol–water partition coefficient (Wildman–Crippen LogP) is 1.39. The van der Waals surface area contributed by atoms with Gasteiger partial charge in [-0.3, -0.25) is 9.78 Å². The van der Waals surface area contributed by atoms with Gasteiger partial charge >= 0.3 is 0 Å². The Morgan fingerprint density at radius 1 is 1.43 bits per heavy atom. The van der Waals surface area contributed by atoms with Gasteiger partial charge in [-0.2, -0.15) is 0 Å². The lowest BCUT2D eigenvalue weighted by Gasteiger charge is -2.21. The van der Waals surface area contributed by atoms with Gasteiger partial charge in [0, 0.05) is 11.6 Å². The molecule has 0 radical (unpaired) electrons. The van der Waals surface area contributed by atoms with Crippen LogP contribution in [0.3, 0.4) is 0 Å². The minimum Gasteiger partial charge on any atom is -0.394 e. The highest BCUT2D eigenvalue weighted by molar-refractivity contribution is 7.13. The summed E-state index contributed by atoms with van der Waals surface area (Å²) in [5.41, 5.74) is 1.42. The number of carbonyl (C=O) groups is 1. The van der Waals surface area contributed by atoms with Crippen molar-refractivity contribution in [3.8, 4) is 10.7 Å². The second-order valence-electron chi connectivity index (χ2n) is 5.25. The highest BCUT2D eigenvalue weighted by Crippen LogP contribution is 2.21. The number of hydrogen-bond donors (Lipinski definition) is 3. The molecule has 124 valence electrons. The fourth-order valence-corrected chi connectivity index (χ4v) is 2.97. The second kappa shape index (κ2) is 8.71. The molecule has 0 aliphatic carbocycles. The maximum atomic E-state index is 12.1. The number of nitrogens with one attached hydrogen (secondary N) is 1. The number of aliphatic hydroxyl groups excluding tert-OH is 2. The predicted molar refractivity (Wildman–Crippen MR) is 89.0 cm³/mol. The van der Waals surface area contributed by atoms with E-state index in [9.17, 15) is 15.0 Å². The van der Waals surface area contributed by atoms with Crippen LogP contribution in [0.2, 0.25) is 0 Å². The van der Waals surface area contributed by atoms with Crippen molar-refractivity contribution in [2.45, 2.75) is 38.3 Å². The van der Waals surface area contributed by atoms with Crippen molar-refractivity contribution in [2.75, 3.05) is 6.61 Å². The Kier molecular flexibility index (Phi) is 6.64. The zero-order valence-corrected chi connectivity index (χ0v) is 13.8. The van der Waals surface area contributed by atoms with Gasteiger partial charge in [0.05, 0.1) is 36.6 Å². The van der Waals surface area contributed by atoms with E-state index in [0.29, 0.717) is 12.1 Å². The molecule has 1 amide bonds. The van der Waals surface area contributed by atoms with Crippen LogP contribution in [0, 0.1) is 0 Å². The molecule has 0 aliphatic heterocycles. The Bertz CT molecular complexity index is 618. The summed E-state index contributed by atoms with van der Waals surface area (Å²) in [7, 11) is 0. The van der Waals surface area contributed by atoms with E-state index >= 15 is 0 Å². The molecule has 2 aromatic rings. The van der Waals surface area contributed by atoms with E-state index in [2.05, 4.69) is 15.3 Å². The van der Waals surface area contributed by atoms with Crippen molar-refractivity contribution in [1.82, 2.24) is 15.3 Å². The van der Waals surface area contributed by atoms with Gasteiger partial charge < -0.3 is 15.5 Å². The maximum Gasteiger partial charge on any atom is 0.226 e. The van der Waals surface area contributed by atoms with Crippen LogP contribution < -0.4 is 5.32 Å². The normalized spacial score (nSPS) is 13.5. The Morgan fingerprint density at radius 3 is 2.91 bits per heavy atom. The molecule has 6 nitrogen and oxygen atoms in total. The van der Waals surface area contributed by atoms with Crippen LogP contribution in [0.25, 0.3) is 10.7 Å². The number of aliphatic hydroxyl groups is 2. The molecule has 2 rings (SSSR count). The lowest BCUT2D eigenvalue weighted by atomic mass is 10.1. The van der Waals surface area contributed by atoms with E-state index in [0.717, 1.165) is 17.1 Å². The zero-order valence-electron chi connectivity index (χ0n) is 13.0. The number of rotatable bonds is 8. The third-order valence-corrected chi connectivity index (χ3v) is 4.28. The molecule has 7 heteroatoms. The Balaban J connectivity index is 1.94. The number of pyridine rings is 1. The van der Waals surface area contributed by atoms with Crippen LogP contribution >= 0.6 is 11.3 Å². The molecule has 0 aromatic carbocycles. The van der Waals surface area contributed by atoms with Crippen LogP contribution in [0.4, 0.5) is 0 Å². The summed E-state index contributed by atoms with van der Waals surface area (Å²) in [6.45, 7) is 1.65. The molecule has 0 aliphatic rings. The van der Waals surface area contributed by atoms with Crippen molar-refractivity contribution in [1.29, 1.82) is 0 Å². The highest BCUT2D eigenvalue weighted by atomic mass is 32.1. The fourth-order valence-electron chi connectivity index (χ4n) is 2.18. The number of carbonyl (C=O) groups excluding carboxylic acids is 1. The van der Waals surface area contributed by atoms with Crippen molar-refractivity contribution in [3.63, 3.8) is 0 Å². The first-order valence-electron chi connectivity index (χ1n) is 7.58. The Morgan fingerprint density at radius 2 is 2.26 bits per heavy atom. The van der Waals surface area contributed by atoms with Crippen molar-refractivity contribution in [2.24, 2.45) is 0 Å². The summed E-state index contributed by atoms with van der Waals surface area (Å²) in [5, 5.41) is 24.4. The maximum absolute atomic E-state index is 12.1. The number of aromatic nitrogens is 2. The van der Waals surface area contributed by atoms with Gasteiger partial charge in [-0.05, 0) is 18.6 Å². The molecule has 3 N–H and O–H groups in total. The molecule has 2 unspecified atom stereocenters. The number of nitrogens with zero attached hydrogens (tertiary/aromatic N) is 2. The smallest absolute Gasteiger partial charge is 0.226 e. The lowest BCUT2D eigenvalue weighted by Crippen LogP contribution is -2.46. The molecule has 23 heavy (non-hydrogen) atoms. The molecule has 0 spiro atoms. The van der Waals surface area contributed by atoms with Gasteiger partial charge in [-0.25, -0.2) is 4.98 Å². The van der Waals surface area contributed by atoms with Gasteiger partial charge in [-0.15, -0.1) is 11.3 Å². The monoisotopic (exact) mass is 335 g/mol. The van der Waals surface area contributed by atoms with Gasteiger partial charge in [0.1, 0.15) is 5.01 Å². The summed E-state index contributed by atoms with van der Waals surface area (Å²) in [5.74, 6) is -0.267. The minimum absolute atomic E-state index is 0.110. The quantitative estimate of drug-likeness (QED) is 0.677. The third-order valence-electron chi connectivity index (χ3n) is 3.37. The van der Waals surface area contributed by atoms with Crippen LogP contribution in [-0.4, -0.2) is 44.8 Å². The van der Waals surface area contributed by atoms with E-state index in [1.807, 2.05) is 30.5 Å². The molecule has 0 saturated heterocycles. The minimum atomic E-state index is -0.742. The van der Waals surface area contributed by atoms with Crippen LogP contribution in [0.1, 0.15) is 25.5 Å². The second-order valence-corrected chi connectivity index (χ2v) is 6.11.